The monoisotopic (exact) mass is 519 g/mol. The van der Waals surface area contributed by atoms with Crippen molar-refractivity contribution in [2.24, 2.45) is 0 Å². The summed E-state index contributed by atoms with van der Waals surface area (Å²) in [5.74, 6) is 0.198. The molecule has 0 saturated carbocycles. The number of sulfonamides is 1. The molecule has 1 N–H and O–H groups in total. The van der Waals surface area contributed by atoms with Gasteiger partial charge in [0.05, 0.1) is 18.5 Å². The molecular formula is C26H31ClFN3O3S. The van der Waals surface area contributed by atoms with Gasteiger partial charge in [-0.2, -0.15) is 0 Å². The molecule has 9 heteroatoms. The lowest BCUT2D eigenvalue weighted by Crippen LogP contribution is -2.22. The number of benzene rings is 3. The molecule has 0 aromatic heterocycles. The molecule has 1 aliphatic rings. The molecule has 1 heterocycles. The summed E-state index contributed by atoms with van der Waals surface area (Å²) in [6.45, 7) is 2.31. The van der Waals surface area contributed by atoms with Crippen molar-refractivity contribution in [3.8, 4) is 5.75 Å². The van der Waals surface area contributed by atoms with Gasteiger partial charge in [0.25, 0.3) is 10.0 Å². The molecule has 0 amide bonds. The fourth-order valence-corrected chi connectivity index (χ4v) is 5.58. The molecule has 6 nitrogen and oxygen atoms in total. The van der Waals surface area contributed by atoms with E-state index >= 15 is 0 Å². The number of fused-ring (bicyclic) bond motifs is 1. The van der Waals surface area contributed by atoms with E-state index in [1.807, 2.05) is 24.1 Å². The first-order valence-electron chi connectivity index (χ1n) is 11.2. The predicted molar refractivity (Wildman–Crippen MR) is 141 cm³/mol. The molecule has 0 radical (unpaired) electrons. The van der Waals surface area contributed by atoms with E-state index in [1.165, 1.54) is 17.7 Å². The van der Waals surface area contributed by atoms with Crippen LogP contribution in [0, 0.1) is 5.82 Å². The first-order valence-corrected chi connectivity index (χ1v) is 12.7. The Bertz CT molecular complexity index is 1270. The lowest BCUT2D eigenvalue weighted by molar-refractivity contribution is 0.352. The van der Waals surface area contributed by atoms with Crippen molar-refractivity contribution in [3.63, 3.8) is 0 Å². The minimum absolute atomic E-state index is 0. The van der Waals surface area contributed by atoms with Crippen LogP contribution >= 0.6 is 12.4 Å². The maximum absolute atomic E-state index is 13.5. The first-order chi connectivity index (χ1) is 16.3. The number of nitrogens with zero attached hydrogens (tertiary/aromatic N) is 2. The van der Waals surface area contributed by atoms with E-state index in [4.69, 9.17) is 4.74 Å². The quantitative estimate of drug-likeness (QED) is 0.489. The van der Waals surface area contributed by atoms with E-state index in [0.717, 1.165) is 37.1 Å². The van der Waals surface area contributed by atoms with Crippen LogP contribution in [-0.2, 0) is 29.4 Å². The van der Waals surface area contributed by atoms with Crippen molar-refractivity contribution in [2.75, 3.05) is 43.9 Å². The lowest BCUT2D eigenvalue weighted by atomic mass is 10.0. The zero-order valence-electron chi connectivity index (χ0n) is 20.1. The Hall–Kier alpha value is -2.81. The lowest BCUT2D eigenvalue weighted by Gasteiger charge is -2.23. The van der Waals surface area contributed by atoms with E-state index in [1.54, 1.807) is 43.5 Å². The zero-order valence-corrected chi connectivity index (χ0v) is 21.8. The number of rotatable bonds is 7. The topological polar surface area (TPSA) is 61.9 Å². The van der Waals surface area contributed by atoms with Crippen LogP contribution in [0.4, 0.5) is 15.8 Å². The van der Waals surface area contributed by atoms with E-state index in [0.29, 0.717) is 23.7 Å². The third-order valence-electron chi connectivity index (χ3n) is 6.19. The largest absolute Gasteiger partial charge is 0.495 e. The summed E-state index contributed by atoms with van der Waals surface area (Å²) < 4.78 is 48.6. The van der Waals surface area contributed by atoms with Gasteiger partial charge in [0.2, 0.25) is 0 Å². The fourth-order valence-electron chi connectivity index (χ4n) is 4.26. The number of hydrogen-bond donors (Lipinski definition) is 1. The second-order valence-electron chi connectivity index (χ2n) is 8.68. The average Bonchev–Trinajstić information content (AvgIpc) is 3.00. The van der Waals surface area contributed by atoms with Crippen molar-refractivity contribution in [1.29, 1.82) is 0 Å². The van der Waals surface area contributed by atoms with Crippen molar-refractivity contribution < 1.29 is 17.5 Å². The van der Waals surface area contributed by atoms with Crippen LogP contribution in [0.1, 0.15) is 16.7 Å². The molecular weight excluding hydrogens is 489 g/mol. The summed E-state index contributed by atoms with van der Waals surface area (Å²) >= 11 is 0. The van der Waals surface area contributed by atoms with Gasteiger partial charge in [0, 0.05) is 26.7 Å². The van der Waals surface area contributed by atoms with Gasteiger partial charge in [-0.25, -0.2) is 12.8 Å². The van der Waals surface area contributed by atoms with Crippen molar-refractivity contribution in [3.05, 3.63) is 83.2 Å². The van der Waals surface area contributed by atoms with Crippen LogP contribution in [0.15, 0.2) is 65.6 Å². The SMILES string of the molecule is COc1cc2c(cc1NS(=O)(=O)c1ccccc1N(C)Cc1ccc(F)cc1)CCN(C)CC2.Cl. The molecule has 0 aliphatic carbocycles. The average molecular weight is 520 g/mol. The smallest absolute Gasteiger partial charge is 0.264 e. The Morgan fingerprint density at radius 1 is 1.03 bits per heavy atom. The number of nitrogens with one attached hydrogen (secondary N) is 1. The fraction of sp³-hybridized carbons (Fsp3) is 0.308. The molecule has 0 unspecified atom stereocenters. The van der Waals surface area contributed by atoms with Gasteiger partial charge in [0.1, 0.15) is 16.5 Å². The second kappa shape index (κ2) is 11.3. The predicted octanol–water partition coefficient (Wildman–Crippen LogP) is 4.72. The van der Waals surface area contributed by atoms with E-state index in [9.17, 15) is 12.8 Å². The maximum atomic E-state index is 13.5. The molecule has 0 bridgehead atoms. The van der Waals surface area contributed by atoms with Crippen molar-refractivity contribution >= 4 is 33.8 Å². The van der Waals surface area contributed by atoms with Crippen LogP contribution in [0.3, 0.4) is 0 Å². The third kappa shape index (κ3) is 6.25. The van der Waals surface area contributed by atoms with Gasteiger partial charge in [-0.05, 0) is 73.0 Å². The van der Waals surface area contributed by atoms with Crippen LogP contribution in [0.2, 0.25) is 0 Å². The highest BCUT2D eigenvalue weighted by atomic mass is 35.5. The molecule has 188 valence electrons. The zero-order chi connectivity index (χ0) is 24.3. The molecule has 3 aromatic carbocycles. The van der Waals surface area contributed by atoms with Gasteiger partial charge >= 0.3 is 0 Å². The highest BCUT2D eigenvalue weighted by Gasteiger charge is 2.23. The Morgan fingerprint density at radius 3 is 2.31 bits per heavy atom. The molecule has 0 atom stereocenters. The number of ether oxygens (including phenoxy) is 1. The number of para-hydroxylation sites is 1. The summed E-state index contributed by atoms with van der Waals surface area (Å²) in [6, 6.07) is 16.9. The standard InChI is InChI=1S/C26H30FN3O3S.ClH/c1-29-14-12-20-16-23(25(33-3)17-21(20)13-15-29)28-34(31,32)26-7-5-4-6-24(26)30(2)18-19-8-10-22(27)11-9-19;/h4-11,16-17,28H,12-15,18H2,1-3H3;1H. The first kappa shape index (κ1) is 26.8. The second-order valence-corrected chi connectivity index (χ2v) is 10.3. The summed E-state index contributed by atoms with van der Waals surface area (Å²) in [5.41, 5.74) is 4.17. The number of halogens is 2. The molecule has 35 heavy (non-hydrogen) atoms. The van der Waals surface area contributed by atoms with Crippen LogP contribution in [0.5, 0.6) is 5.75 Å². The van der Waals surface area contributed by atoms with Crippen molar-refractivity contribution in [2.45, 2.75) is 24.3 Å². The Balaban J connectivity index is 0.00000342. The Kier molecular flexibility index (Phi) is 8.64. The van der Waals surface area contributed by atoms with Crippen LogP contribution < -0.4 is 14.4 Å². The summed E-state index contributed by atoms with van der Waals surface area (Å²) in [6.07, 6.45) is 1.74. The maximum Gasteiger partial charge on any atom is 0.264 e. The molecule has 0 spiro atoms. The van der Waals surface area contributed by atoms with Crippen LogP contribution in [0.25, 0.3) is 0 Å². The van der Waals surface area contributed by atoms with Gasteiger partial charge in [-0.3, -0.25) is 4.72 Å². The minimum Gasteiger partial charge on any atom is -0.495 e. The molecule has 0 fully saturated rings. The minimum atomic E-state index is -3.91. The van der Waals surface area contributed by atoms with E-state index < -0.39 is 10.0 Å². The summed E-state index contributed by atoms with van der Waals surface area (Å²) in [4.78, 5) is 4.27. The molecule has 1 aliphatic heterocycles. The molecule has 3 aromatic rings. The Morgan fingerprint density at radius 2 is 1.66 bits per heavy atom. The number of anilines is 2. The van der Waals surface area contributed by atoms with Gasteiger partial charge in [-0.15, -0.1) is 12.4 Å². The molecule has 4 rings (SSSR count). The molecule has 0 saturated heterocycles. The number of likely N-dealkylation sites (N-methyl/N-ethyl adjacent to an activating group) is 1. The van der Waals surface area contributed by atoms with Gasteiger partial charge < -0.3 is 14.5 Å². The van der Waals surface area contributed by atoms with E-state index in [-0.39, 0.29) is 23.1 Å². The Labute approximate surface area is 213 Å². The number of hydrogen-bond acceptors (Lipinski definition) is 5. The van der Waals surface area contributed by atoms with Gasteiger partial charge in [0.15, 0.2) is 0 Å². The summed E-state index contributed by atoms with van der Waals surface area (Å²) in [7, 11) is 1.55. The van der Waals surface area contributed by atoms with Gasteiger partial charge in [-0.1, -0.05) is 24.3 Å². The highest BCUT2D eigenvalue weighted by Crippen LogP contribution is 2.34. The normalized spacial score (nSPS) is 13.8. The third-order valence-corrected chi connectivity index (χ3v) is 7.60. The van der Waals surface area contributed by atoms with Crippen LogP contribution in [-0.4, -0.2) is 47.6 Å². The highest BCUT2D eigenvalue weighted by molar-refractivity contribution is 7.92. The van der Waals surface area contributed by atoms with E-state index in [2.05, 4.69) is 16.7 Å². The van der Waals surface area contributed by atoms with Crippen molar-refractivity contribution in [1.82, 2.24) is 4.90 Å². The summed E-state index contributed by atoms with van der Waals surface area (Å²) in [5, 5.41) is 0. The number of methoxy groups -OCH3 is 1.